The predicted octanol–water partition coefficient (Wildman–Crippen LogP) is 0.785. The Kier molecular flexibility index (Phi) is 1.91. The van der Waals surface area contributed by atoms with Crippen molar-refractivity contribution >= 4 is 44.3 Å². The fraction of sp³-hybridized carbons (Fsp3) is 0. The van der Waals surface area contributed by atoms with E-state index in [4.69, 9.17) is 0 Å². The lowest BCUT2D eigenvalue weighted by molar-refractivity contribution is 0.881. The van der Waals surface area contributed by atoms with E-state index in [9.17, 15) is 4.79 Å². The number of rotatable bonds is 0. The Hall–Kier alpha value is -0.440. The van der Waals surface area contributed by atoms with E-state index in [-0.39, 0.29) is 5.56 Å². The number of hydrogen-bond acceptors (Lipinski definition) is 3. The van der Waals surface area contributed by atoms with E-state index in [0.717, 1.165) is 0 Å². The van der Waals surface area contributed by atoms with Gasteiger partial charge in [0.15, 0.2) is 4.73 Å². The fourth-order valence-corrected chi connectivity index (χ4v) is 1.53. The summed E-state index contributed by atoms with van der Waals surface area (Å²) < 4.78 is 2.33. The van der Waals surface area contributed by atoms with E-state index in [0.29, 0.717) is 14.1 Å². The highest BCUT2D eigenvalue weighted by Gasteiger charge is 2.04. The largest absolute Gasteiger partial charge is 0.287 e. The van der Waals surface area contributed by atoms with Gasteiger partial charge in [0, 0.05) is 6.20 Å². The van der Waals surface area contributed by atoms with Crippen LogP contribution < -0.4 is 5.56 Å². The highest BCUT2D eigenvalue weighted by Crippen LogP contribution is 2.02. The van der Waals surface area contributed by atoms with Crippen molar-refractivity contribution in [3.8, 4) is 0 Å². The third-order valence-corrected chi connectivity index (χ3v) is 2.40. The predicted molar refractivity (Wildman–Crippen MR) is 54.0 cm³/mol. The number of hydrogen-bond donors (Lipinski definition) is 1. The highest BCUT2D eigenvalue weighted by molar-refractivity contribution is 14.1. The van der Waals surface area contributed by atoms with Crippen molar-refractivity contribution in [3.05, 3.63) is 24.9 Å². The van der Waals surface area contributed by atoms with Gasteiger partial charge in [0.2, 0.25) is 0 Å². The molecular weight excluding hydrogens is 339 g/mol. The van der Waals surface area contributed by atoms with Crippen LogP contribution >= 0.6 is 38.5 Å². The van der Waals surface area contributed by atoms with Crippen LogP contribution in [-0.2, 0) is 0 Å². The van der Waals surface area contributed by atoms with Gasteiger partial charge in [-0.1, -0.05) is 0 Å². The molecule has 5 nitrogen and oxygen atoms in total. The molecule has 0 saturated carbocycles. The summed E-state index contributed by atoms with van der Waals surface area (Å²) in [6.45, 7) is 0. The van der Waals surface area contributed by atoms with Crippen molar-refractivity contribution in [2.24, 2.45) is 0 Å². The van der Waals surface area contributed by atoms with E-state index >= 15 is 0 Å². The molecule has 1 N–H and O–H groups in total. The molecule has 0 aliphatic carbocycles. The van der Waals surface area contributed by atoms with Crippen LogP contribution in [0.15, 0.2) is 15.7 Å². The number of nitrogens with zero attached hydrogens (tertiary/aromatic N) is 3. The zero-order chi connectivity index (χ0) is 8.72. The molecule has 2 aromatic heterocycles. The summed E-state index contributed by atoms with van der Waals surface area (Å²) in [5.41, 5.74) is -0.140. The molecular formula is C5H2BrIN4O. The average molecular weight is 341 g/mol. The number of fused-ring (bicyclic) bond motifs is 1. The van der Waals surface area contributed by atoms with Gasteiger partial charge in [0.1, 0.15) is 0 Å². The molecule has 0 bridgehead atoms. The van der Waals surface area contributed by atoms with Crippen LogP contribution in [0.3, 0.4) is 0 Å². The Morgan fingerprint density at radius 1 is 1.67 bits per heavy atom. The minimum atomic E-state index is -0.140. The van der Waals surface area contributed by atoms with Gasteiger partial charge in [0.25, 0.3) is 11.3 Å². The molecule has 12 heavy (non-hydrogen) atoms. The first-order valence-electron chi connectivity index (χ1n) is 2.97. The second-order valence-electron chi connectivity index (χ2n) is 2.06. The van der Waals surface area contributed by atoms with Gasteiger partial charge in [0.05, 0.1) is 3.57 Å². The van der Waals surface area contributed by atoms with Crippen LogP contribution in [0.1, 0.15) is 0 Å². The molecule has 0 spiro atoms. The maximum atomic E-state index is 11.4. The first-order valence-corrected chi connectivity index (χ1v) is 4.84. The Morgan fingerprint density at radius 3 is 3.17 bits per heavy atom. The summed E-state index contributed by atoms with van der Waals surface area (Å²) in [5, 5.41) is 2.71. The van der Waals surface area contributed by atoms with E-state index in [2.05, 4.69) is 31.0 Å². The maximum Gasteiger partial charge on any atom is 0.287 e. The quantitative estimate of drug-likeness (QED) is 0.721. The maximum absolute atomic E-state index is 11.4. The lowest BCUT2D eigenvalue weighted by atomic mass is 10.7. The third kappa shape index (κ3) is 1.16. The molecule has 2 rings (SSSR count). The number of H-pyrrole nitrogens is 1. The molecule has 0 unspecified atom stereocenters. The molecule has 2 heterocycles. The van der Waals surface area contributed by atoms with E-state index in [1.165, 1.54) is 10.7 Å². The number of halogens is 2. The molecule has 2 aromatic rings. The van der Waals surface area contributed by atoms with Crippen LogP contribution in [0.5, 0.6) is 0 Å². The smallest absolute Gasteiger partial charge is 0.266 e. The van der Waals surface area contributed by atoms with Gasteiger partial charge in [-0.05, 0) is 38.5 Å². The molecule has 0 fully saturated rings. The minimum Gasteiger partial charge on any atom is -0.266 e. The van der Waals surface area contributed by atoms with E-state index in [1.807, 2.05) is 22.6 Å². The summed E-state index contributed by atoms with van der Waals surface area (Å²) in [4.78, 5) is 19.2. The SMILES string of the molecule is O=c1c(I)cnc2nc(Br)[nH]n12. The van der Waals surface area contributed by atoms with Crippen LogP contribution in [0.4, 0.5) is 0 Å². The molecule has 0 saturated heterocycles. The van der Waals surface area contributed by atoms with Gasteiger partial charge in [-0.25, -0.2) is 4.98 Å². The van der Waals surface area contributed by atoms with Crippen molar-refractivity contribution in [1.29, 1.82) is 0 Å². The molecule has 0 amide bonds. The van der Waals surface area contributed by atoms with Crippen LogP contribution in [-0.4, -0.2) is 19.6 Å². The first kappa shape index (κ1) is 8.17. The van der Waals surface area contributed by atoms with Gasteiger partial charge in [-0.3, -0.25) is 9.89 Å². The second kappa shape index (κ2) is 2.80. The van der Waals surface area contributed by atoms with Crippen LogP contribution in [0.2, 0.25) is 0 Å². The summed E-state index contributed by atoms with van der Waals surface area (Å²) in [6.07, 6.45) is 1.49. The number of nitrogens with one attached hydrogen (secondary N) is 1. The van der Waals surface area contributed by atoms with Gasteiger partial charge < -0.3 is 0 Å². The lowest BCUT2D eigenvalue weighted by Gasteiger charge is -1.89. The summed E-state index contributed by atoms with van der Waals surface area (Å²) in [7, 11) is 0. The summed E-state index contributed by atoms with van der Waals surface area (Å²) in [5.74, 6) is 0.368. The van der Waals surface area contributed by atoms with E-state index < -0.39 is 0 Å². The number of aromatic amines is 1. The first-order chi connectivity index (χ1) is 5.68. The Morgan fingerprint density at radius 2 is 2.42 bits per heavy atom. The number of aromatic nitrogens is 4. The van der Waals surface area contributed by atoms with E-state index in [1.54, 1.807) is 0 Å². The normalized spacial score (nSPS) is 10.8. The van der Waals surface area contributed by atoms with Gasteiger partial charge in [-0.15, -0.1) is 0 Å². The van der Waals surface area contributed by atoms with Crippen molar-refractivity contribution < 1.29 is 0 Å². The summed E-state index contributed by atoms with van der Waals surface area (Å²) >= 11 is 5.04. The Labute approximate surface area is 88.5 Å². The molecule has 0 atom stereocenters. The zero-order valence-corrected chi connectivity index (χ0v) is 9.33. The molecule has 7 heteroatoms. The topological polar surface area (TPSA) is 63.0 Å². The van der Waals surface area contributed by atoms with Crippen molar-refractivity contribution in [2.75, 3.05) is 0 Å². The van der Waals surface area contributed by atoms with Crippen molar-refractivity contribution in [3.63, 3.8) is 0 Å². The monoisotopic (exact) mass is 340 g/mol. The molecule has 0 radical (unpaired) electrons. The summed E-state index contributed by atoms with van der Waals surface area (Å²) in [6, 6.07) is 0. The fourth-order valence-electron chi connectivity index (χ4n) is 0.810. The molecule has 62 valence electrons. The van der Waals surface area contributed by atoms with Gasteiger partial charge >= 0.3 is 0 Å². The van der Waals surface area contributed by atoms with Crippen LogP contribution in [0.25, 0.3) is 5.78 Å². The zero-order valence-electron chi connectivity index (χ0n) is 5.58. The Bertz CT molecular complexity index is 490. The molecule has 0 aliphatic rings. The molecule has 0 aromatic carbocycles. The Balaban J connectivity index is 2.99. The lowest BCUT2D eigenvalue weighted by Crippen LogP contribution is -2.17. The second-order valence-corrected chi connectivity index (χ2v) is 3.97. The molecule has 0 aliphatic heterocycles. The van der Waals surface area contributed by atoms with Gasteiger partial charge in [-0.2, -0.15) is 9.50 Å². The van der Waals surface area contributed by atoms with Crippen molar-refractivity contribution in [2.45, 2.75) is 0 Å². The van der Waals surface area contributed by atoms with Crippen LogP contribution in [0, 0.1) is 3.57 Å². The minimum absolute atomic E-state index is 0.140. The highest BCUT2D eigenvalue weighted by atomic mass is 127. The average Bonchev–Trinajstić information content (AvgIpc) is 2.39. The standard InChI is InChI=1S/C5H2BrIN4O/c6-4-9-5-8-1-2(7)3(12)11(5)10-4/h1H,(H,8,9,10). The third-order valence-electron chi connectivity index (χ3n) is 1.30. The van der Waals surface area contributed by atoms with Crippen molar-refractivity contribution in [1.82, 2.24) is 19.6 Å².